The third kappa shape index (κ3) is 4.26. The molecule has 0 fully saturated rings. The Kier molecular flexibility index (Phi) is 4.12. The summed E-state index contributed by atoms with van der Waals surface area (Å²) in [4.78, 5) is 2.19. The fraction of sp³-hybridized carbons (Fsp3) is 0.467. The van der Waals surface area contributed by atoms with Gasteiger partial charge >= 0.3 is 0 Å². The summed E-state index contributed by atoms with van der Waals surface area (Å²) in [5, 5.41) is 10.0. The molecule has 104 valence electrons. The molecule has 0 radical (unpaired) electrons. The standard InChI is InChI=1S/C15H22N2O2/c1-15(2,18)12-17(11-14-7-5-9-19-14)10-13-6-4-8-16(13)3/h4-9,18H,10-12H2,1-3H3. The van der Waals surface area contributed by atoms with Gasteiger partial charge in [0.05, 0.1) is 18.4 Å². The van der Waals surface area contributed by atoms with Crippen LogP contribution in [0.4, 0.5) is 0 Å². The van der Waals surface area contributed by atoms with Crippen LogP contribution in [0.2, 0.25) is 0 Å². The average molecular weight is 262 g/mol. The topological polar surface area (TPSA) is 41.5 Å². The van der Waals surface area contributed by atoms with E-state index in [1.165, 1.54) is 5.69 Å². The van der Waals surface area contributed by atoms with Crippen molar-refractivity contribution in [2.24, 2.45) is 7.05 Å². The molecule has 0 spiro atoms. The number of rotatable bonds is 6. The highest BCUT2D eigenvalue weighted by Gasteiger charge is 2.20. The number of nitrogens with zero attached hydrogens (tertiary/aromatic N) is 2. The number of furan rings is 1. The minimum atomic E-state index is -0.724. The molecular formula is C15H22N2O2. The first kappa shape index (κ1) is 13.9. The lowest BCUT2D eigenvalue weighted by Crippen LogP contribution is -2.38. The fourth-order valence-corrected chi connectivity index (χ4v) is 2.23. The molecule has 0 bridgehead atoms. The third-order valence-electron chi connectivity index (χ3n) is 3.01. The molecule has 2 rings (SSSR count). The maximum atomic E-state index is 10.0. The molecule has 2 aromatic heterocycles. The van der Waals surface area contributed by atoms with E-state index in [4.69, 9.17) is 4.42 Å². The van der Waals surface area contributed by atoms with E-state index in [1.54, 1.807) is 6.26 Å². The van der Waals surface area contributed by atoms with E-state index in [0.717, 1.165) is 12.3 Å². The molecule has 0 aliphatic rings. The summed E-state index contributed by atoms with van der Waals surface area (Å²) in [6.07, 6.45) is 3.71. The van der Waals surface area contributed by atoms with E-state index in [1.807, 2.05) is 45.3 Å². The Balaban J connectivity index is 2.08. The first-order valence-electron chi connectivity index (χ1n) is 6.51. The van der Waals surface area contributed by atoms with Crippen LogP contribution in [0.25, 0.3) is 0 Å². The first-order valence-corrected chi connectivity index (χ1v) is 6.51. The Bertz CT molecular complexity index is 494. The van der Waals surface area contributed by atoms with Crippen molar-refractivity contribution in [3.63, 3.8) is 0 Å². The van der Waals surface area contributed by atoms with E-state index >= 15 is 0 Å². The molecule has 0 aliphatic carbocycles. The number of hydrogen-bond donors (Lipinski definition) is 1. The number of aliphatic hydroxyl groups is 1. The predicted octanol–water partition coefficient (Wildman–Crippen LogP) is 2.39. The van der Waals surface area contributed by atoms with Crippen LogP contribution in [-0.4, -0.2) is 26.7 Å². The summed E-state index contributed by atoms with van der Waals surface area (Å²) in [6.45, 7) is 5.73. The third-order valence-corrected chi connectivity index (χ3v) is 3.01. The first-order chi connectivity index (χ1) is 8.94. The van der Waals surface area contributed by atoms with Crippen LogP contribution in [0, 0.1) is 0 Å². The Morgan fingerprint density at radius 1 is 1.26 bits per heavy atom. The fourth-order valence-electron chi connectivity index (χ4n) is 2.23. The normalized spacial score (nSPS) is 12.3. The minimum Gasteiger partial charge on any atom is -0.468 e. The van der Waals surface area contributed by atoms with Gasteiger partial charge in [-0.05, 0) is 38.1 Å². The molecule has 4 nitrogen and oxygen atoms in total. The molecule has 4 heteroatoms. The lowest BCUT2D eigenvalue weighted by Gasteiger charge is -2.28. The van der Waals surface area contributed by atoms with Gasteiger partial charge in [-0.15, -0.1) is 0 Å². The van der Waals surface area contributed by atoms with E-state index in [-0.39, 0.29) is 0 Å². The maximum absolute atomic E-state index is 10.0. The quantitative estimate of drug-likeness (QED) is 0.869. The highest BCUT2D eigenvalue weighted by Crippen LogP contribution is 2.14. The van der Waals surface area contributed by atoms with Crippen molar-refractivity contribution in [1.82, 2.24) is 9.47 Å². The largest absolute Gasteiger partial charge is 0.468 e. The van der Waals surface area contributed by atoms with Gasteiger partial charge in [-0.3, -0.25) is 4.90 Å². The van der Waals surface area contributed by atoms with Crippen molar-refractivity contribution in [3.8, 4) is 0 Å². The van der Waals surface area contributed by atoms with Gasteiger partial charge in [0.25, 0.3) is 0 Å². The SMILES string of the molecule is Cn1cccc1CN(Cc1ccco1)CC(C)(C)O. The summed E-state index contributed by atoms with van der Waals surface area (Å²) in [5.74, 6) is 0.915. The second-order valence-electron chi connectivity index (χ2n) is 5.65. The highest BCUT2D eigenvalue weighted by molar-refractivity contribution is 5.07. The van der Waals surface area contributed by atoms with Gasteiger partial charge in [0, 0.05) is 32.0 Å². The van der Waals surface area contributed by atoms with Crippen LogP contribution < -0.4 is 0 Å². The molecule has 2 heterocycles. The maximum Gasteiger partial charge on any atom is 0.117 e. The average Bonchev–Trinajstić information content (AvgIpc) is 2.89. The second kappa shape index (κ2) is 5.63. The Hall–Kier alpha value is -1.52. The molecule has 0 amide bonds. The summed E-state index contributed by atoms with van der Waals surface area (Å²) in [6, 6.07) is 7.98. The summed E-state index contributed by atoms with van der Waals surface area (Å²) in [7, 11) is 2.03. The number of aryl methyl sites for hydroxylation is 1. The van der Waals surface area contributed by atoms with Gasteiger partial charge in [0.1, 0.15) is 5.76 Å². The summed E-state index contributed by atoms with van der Waals surface area (Å²) < 4.78 is 7.49. The molecule has 0 aliphatic heterocycles. The van der Waals surface area contributed by atoms with Crippen molar-refractivity contribution < 1.29 is 9.52 Å². The molecular weight excluding hydrogens is 240 g/mol. The van der Waals surface area contributed by atoms with Crippen molar-refractivity contribution >= 4 is 0 Å². The van der Waals surface area contributed by atoms with Gasteiger partial charge in [-0.1, -0.05) is 0 Å². The van der Waals surface area contributed by atoms with E-state index in [2.05, 4.69) is 15.5 Å². The highest BCUT2D eigenvalue weighted by atomic mass is 16.3. The molecule has 0 unspecified atom stereocenters. The van der Waals surface area contributed by atoms with Gasteiger partial charge in [-0.25, -0.2) is 0 Å². The monoisotopic (exact) mass is 262 g/mol. The zero-order valence-electron chi connectivity index (χ0n) is 11.8. The van der Waals surface area contributed by atoms with Crippen LogP contribution in [0.5, 0.6) is 0 Å². The van der Waals surface area contributed by atoms with Gasteiger partial charge in [-0.2, -0.15) is 0 Å². The lowest BCUT2D eigenvalue weighted by atomic mass is 10.1. The van der Waals surface area contributed by atoms with E-state index in [0.29, 0.717) is 13.1 Å². The van der Waals surface area contributed by atoms with Gasteiger partial charge < -0.3 is 14.1 Å². The molecule has 0 saturated carbocycles. The van der Waals surface area contributed by atoms with Crippen LogP contribution in [0.1, 0.15) is 25.3 Å². The summed E-state index contributed by atoms with van der Waals surface area (Å²) >= 11 is 0. The zero-order valence-corrected chi connectivity index (χ0v) is 11.8. The van der Waals surface area contributed by atoms with Crippen molar-refractivity contribution in [2.75, 3.05) is 6.54 Å². The molecule has 0 atom stereocenters. The van der Waals surface area contributed by atoms with E-state index < -0.39 is 5.60 Å². The van der Waals surface area contributed by atoms with Gasteiger partial charge in [0.15, 0.2) is 0 Å². The van der Waals surface area contributed by atoms with Crippen molar-refractivity contribution in [3.05, 3.63) is 48.2 Å². The number of aromatic nitrogens is 1. The molecule has 0 aromatic carbocycles. The number of hydrogen-bond acceptors (Lipinski definition) is 3. The minimum absolute atomic E-state index is 0.596. The Morgan fingerprint density at radius 3 is 2.58 bits per heavy atom. The lowest BCUT2D eigenvalue weighted by molar-refractivity contribution is 0.0279. The summed E-state index contributed by atoms with van der Waals surface area (Å²) in [5.41, 5.74) is 0.494. The molecule has 0 saturated heterocycles. The van der Waals surface area contributed by atoms with Crippen LogP contribution in [-0.2, 0) is 20.1 Å². The predicted molar refractivity (Wildman–Crippen MR) is 74.5 cm³/mol. The van der Waals surface area contributed by atoms with Crippen LogP contribution in [0.15, 0.2) is 41.1 Å². The van der Waals surface area contributed by atoms with E-state index in [9.17, 15) is 5.11 Å². The molecule has 19 heavy (non-hydrogen) atoms. The van der Waals surface area contributed by atoms with Crippen LogP contribution >= 0.6 is 0 Å². The Labute approximate surface area is 114 Å². The second-order valence-corrected chi connectivity index (χ2v) is 5.65. The van der Waals surface area contributed by atoms with Crippen molar-refractivity contribution in [1.29, 1.82) is 0 Å². The smallest absolute Gasteiger partial charge is 0.117 e. The van der Waals surface area contributed by atoms with Crippen LogP contribution in [0.3, 0.4) is 0 Å². The van der Waals surface area contributed by atoms with Crippen molar-refractivity contribution in [2.45, 2.75) is 32.5 Å². The Morgan fingerprint density at radius 2 is 2.05 bits per heavy atom. The molecule has 2 aromatic rings. The zero-order chi connectivity index (χ0) is 13.9. The molecule has 1 N–H and O–H groups in total. The van der Waals surface area contributed by atoms with Gasteiger partial charge in [0.2, 0.25) is 0 Å².